The Morgan fingerprint density at radius 3 is 2.87 bits per heavy atom. The number of aliphatic hydroxyl groups is 1. The Morgan fingerprint density at radius 1 is 1.67 bits per heavy atom. The molecule has 0 saturated heterocycles. The van der Waals surface area contributed by atoms with Gasteiger partial charge in [0.15, 0.2) is 0 Å². The maximum Gasteiger partial charge on any atom is 0.123 e. The number of nitrogens with zero attached hydrogens (tertiary/aromatic N) is 2. The fraction of sp³-hybridized carbons (Fsp3) is 0.222. The Kier molecular flexibility index (Phi) is 3.34. The van der Waals surface area contributed by atoms with Crippen LogP contribution in [0.4, 0.5) is 0 Å². The molecule has 2 rings (SSSR count). The third kappa shape index (κ3) is 2.20. The van der Waals surface area contributed by atoms with Gasteiger partial charge in [0.1, 0.15) is 6.10 Å². The molecule has 6 heteroatoms. The molecule has 0 amide bonds. The molecule has 0 aliphatic carbocycles. The van der Waals surface area contributed by atoms with Gasteiger partial charge in [-0.1, -0.05) is 11.6 Å². The van der Waals surface area contributed by atoms with Crippen molar-refractivity contribution >= 4 is 45.5 Å². The molecular weight excluding hydrogens is 347 g/mol. The number of hydrogen-bond acceptors (Lipinski definition) is 3. The highest BCUT2D eigenvalue weighted by Gasteiger charge is 2.19. The number of hydrogen-bond donors (Lipinski definition) is 1. The summed E-state index contributed by atoms with van der Waals surface area (Å²) in [5.74, 6) is 0. The monoisotopic (exact) mass is 354 g/mol. The van der Waals surface area contributed by atoms with E-state index < -0.39 is 6.10 Å². The van der Waals surface area contributed by atoms with Crippen LogP contribution in [-0.4, -0.2) is 14.9 Å². The lowest BCUT2D eigenvalue weighted by Crippen LogP contribution is -2.06. The summed E-state index contributed by atoms with van der Waals surface area (Å²) in [6, 6.07) is 1.94. The van der Waals surface area contributed by atoms with Crippen molar-refractivity contribution in [2.75, 3.05) is 0 Å². The van der Waals surface area contributed by atoms with Gasteiger partial charge in [-0.25, -0.2) is 0 Å². The Hall–Kier alpha value is -0.110. The highest BCUT2D eigenvalue weighted by molar-refractivity contribution is 14.1. The maximum atomic E-state index is 10.1. The fourth-order valence-corrected chi connectivity index (χ4v) is 3.01. The Bertz CT molecular complexity index is 463. The molecule has 1 N–H and O–H groups in total. The lowest BCUT2D eigenvalue weighted by atomic mass is 10.1. The van der Waals surface area contributed by atoms with Crippen LogP contribution in [0.15, 0.2) is 17.6 Å². The number of thiophene rings is 1. The second-order valence-corrected chi connectivity index (χ2v) is 6.30. The molecule has 0 aliphatic heterocycles. The van der Waals surface area contributed by atoms with Crippen LogP contribution in [0.2, 0.25) is 5.02 Å². The van der Waals surface area contributed by atoms with E-state index in [2.05, 4.69) is 27.7 Å². The predicted octanol–water partition coefficient (Wildman–Crippen LogP) is 2.82. The SMILES string of the molecule is Cn1ncc(Cl)c1C(O)c1csc(I)c1. The van der Waals surface area contributed by atoms with Crippen molar-refractivity contribution in [2.24, 2.45) is 7.05 Å². The maximum absolute atomic E-state index is 10.1. The van der Waals surface area contributed by atoms with Gasteiger partial charge in [-0.15, -0.1) is 11.3 Å². The van der Waals surface area contributed by atoms with Gasteiger partial charge in [0, 0.05) is 7.05 Å². The van der Waals surface area contributed by atoms with Crippen LogP contribution in [-0.2, 0) is 7.05 Å². The summed E-state index contributed by atoms with van der Waals surface area (Å²) in [5, 5.41) is 16.5. The molecular formula is C9H8ClIN2OS. The summed E-state index contributed by atoms with van der Waals surface area (Å²) in [4.78, 5) is 0. The van der Waals surface area contributed by atoms with E-state index in [-0.39, 0.29) is 0 Å². The van der Waals surface area contributed by atoms with E-state index in [4.69, 9.17) is 11.6 Å². The van der Waals surface area contributed by atoms with Crippen LogP contribution in [0.1, 0.15) is 17.4 Å². The van der Waals surface area contributed by atoms with E-state index >= 15 is 0 Å². The van der Waals surface area contributed by atoms with E-state index in [0.29, 0.717) is 10.7 Å². The van der Waals surface area contributed by atoms with Crippen LogP contribution in [0.25, 0.3) is 0 Å². The summed E-state index contributed by atoms with van der Waals surface area (Å²) in [6.45, 7) is 0. The fourth-order valence-electron chi connectivity index (χ4n) is 1.35. The summed E-state index contributed by atoms with van der Waals surface area (Å²) >= 11 is 9.77. The van der Waals surface area contributed by atoms with Gasteiger partial charge in [0.2, 0.25) is 0 Å². The Labute approximate surface area is 110 Å². The highest BCUT2D eigenvalue weighted by atomic mass is 127. The molecule has 15 heavy (non-hydrogen) atoms. The third-order valence-corrected chi connectivity index (χ3v) is 4.20. The predicted molar refractivity (Wildman–Crippen MR) is 69.3 cm³/mol. The number of halogens is 2. The number of aliphatic hydroxyl groups excluding tert-OH is 1. The molecule has 2 aromatic rings. The van der Waals surface area contributed by atoms with Crippen LogP contribution in [0.5, 0.6) is 0 Å². The minimum atomic E-state index is -0.704. The zero-order valence-electron chi connectivity index (χ0n) is 7.82. The average Bonchev–Trinajstić information content (AvgIpc) is 2.73. The topological polar surface area (TPSA) is 38.0 Å². The molecule has 0 aliphatic rings. The first-order valence-corrected chi connectivity index (χ1v) is 6.52. The molecule has 1 unspecified atom stereocenters. The molecule has 1 atom stereocenters. The van der Waals surface area contributed by atoms with Crippen molar-refractivity contribution in [1.29, 1.82) is 0 Å². The molecule has 80 valence electrons. The normalized spacial score (nSPS) is 13.1. The van der Waals surface area contributed by atoms with E-state index in [1.165, 1.54) is 6.20 Å². The Balaban J connectivity index is 2.40. The summed E-state index contributed by atoms with van der Waals surface area (Å²) in [6.07, 6.45) is 0.835. The van der Waals surface area contributed by atoms with E-state index in [9.17, 15) is 5.11 Å². The molecule has 0 spiro atoms. The second kappa shape index (κ2) is 4.40. The van der Waals surface area contributed by atoms with Gasteiger partial charge in [-0.05, 0) is 39.6 Å². The number of rotatable bonds is 2. The largest absolute Gasteiger partial charge is 0.382 e. The van der Waals surface area contributed by atoms with E-state index in [1.807, 2.05) is 11.4 Å². The smallest absolute Gasteiger partial charge is 0.123 e. The van der Waals surface area contributed by atoms with Gasteiger partial charge < -0.3 is 5.11 Å². The van der Waals surface area contributed by atoms with Crippen molar-refractivity contribution in [2.45, 2.75) is 6.10 Å². The third-order valence-electron chi connectivity index (χ3n) is 2.10. The molecule has 0 aromatic carbocycles. The van der Waals surface area contributed by atoms with Crippen LogP contribution in [0, 0.1) is 2.88 Å². The van der Waals surface area contributed by atoms with Gasteiger partial charge in [0.05, 0.1) is 19.8 Å². The molecule has 2 heterocycles. The lowest BCUT2D eigenvalue weighted by molar-refractivity contribution is 0.210. The summed E-state index contributed by atoms with van der Waals surface area (Å²) < 4.78 is 2.73. The van der Waals surface area contributed by atoms with Crippen molar-refractivity contribution in [1.82, 2.24) is 9.78 Å². The second-order valence-electron chi connectivity index (χ2n) is 3.09. The van der Waals surface area contributed by atoms with Crippen LogP contribution >= 0.6 is 45.5 Å². The van der Waals surface area contributed by atoms with E-state index in [0.717, 1.165) is 8.45 Å². The first-order chi connectivity index (χ1) is 7.09. The van der Waals surface area contributed by atoms with Gasteiger partial charge >= 0.3 is 0 Å². The van der Waals surface area contributed by atoms with Crippen LogP contribution in [0.3, 0.4) is 0 Å². The van der Waals surface area contributed by atoms with Crippen molar-refractivity contribution in [3.05, 3.63) is 36.8 Å². The molecule has 0 bridgehead atoms. The molecule has 0 fully saturated rings. The minimum absolute atomic E-state index is 0.492. The molecule has 0 saturated carbocycles. The van der Waals surface area contributed by atoms with Crippen LogP contribution < -0.4 is 0 Å². The number of aryl methyl sites for hydroxylation is 1. The summed E-state index contributed by atoms with van der Waals surface area (Å²) in [7, 11) is 1.77. The highest BCUT2D eigenvalue weighted by Crippen LogP contribution is 2.30. The zero-order chi connectivity index (χ0) is 11.0. The van der Waals surface area contributed by atoms with Crippen molar-refractivity contribution in [3.8, 4) is 0 Å². The Morgan fingerprint density at radius 2 is 2.40 bits per heavy atom. The summed E-state index contributed by atoms with van der Waals surface area (Å²) in [5.41, 5.74) is 1.49. The van der Waals surface area contributed by atoms with Gasteiger partial charge in [-0.3, -0.25) is 4.68 Å². The molecule has 2 aromatic heterocycles. The quantitative estimate of drug-likeness (QED) is 0.842. The van der Waals surface area contributed by atoms with Gasteiger partial charge in [0.25, 0.3) is 0 Å². The van der Waals surface area contributed by atoms with Crippen molar-refractivity contribution in [3.63, 3.8) is 0 Å². The van der Waals surface area contributed by atoms with Gasteiger partial charge in [-0.2, -0.15) is 5.10 Å². The molecule has 0 radical (unpaired) electrons. The number of aromatic nitrogens is 2. The average molecular weight is 355 g/mol. The first-order valence-electron chi connectivity index (χ1n) is 4.19. The first kappa shape index (κ1) is 11.4. The zero-order valence-corrected chi connectivity index (χ0v) is 11.5. The lowest BCUT2D eigenvalue weighted by Gasteiger charge is -2.09. The minimum Gasteiger partial charge on any atom is -0.382 e. The van der Waals surface area contributed by atoms with Crippen molar-refractivity contribution < 1.29 is 5.11 Å². The molecule has 3 nitrogen and oxygen atoms in total. The van der Waals surface area contributed by atoms with E-state index in [1.54, 1.807) is 23.1 Å². The standard InChI is InChI=1S/C9H8ClIN2OS/c1-13-8(6(10)3-12-13)9(14)5-2-7(11)15-4-5/h2-4,9,14H,1H3.